The summed E-state index contributed by atoms with van der Waals surface area (Å²) in [7, 11) is 0. The first kappa shape index (κ1) is 15.1. The summed E-state index contributed by atoms with van der Waals surface area (Å²) in [4.78, 5) is 9.38. The zero-order valence-corrected chi connectivity index (χ0v) is 13.1. The van der Waals surface area contributed by atoms with Crippen LogP contribution in [0.1, 0.15) is 12.8 Å². The molecule has 10 heavy (non-hydrogen) atoms. The molecule has 0 spiro atoms. The summed E-state index contributed by atoms with van der Waals surface area (Å²) in [5, 5.41) is 0. The van der Waals surface area contributed by atoms with Crippen molar-refractivity contribution in [2.24, 2.45) is 0 Å². The molecule has 0 N–H and O–H groups in total. The molecule has 0 fully saturated rings. The van der Waals surface area contributed by atoms with Crippen molar-refractivity contribution in [2.45, 2.75) is 12.8 Å². The fraction of sp³-hybridized carbons (Fsp3) is 0.750. The Morgan fingerprint density at radius 3 is 1.90 bits per heavy atom. The van der Waals surface area contributed by atoms with Crippen molar-refractivity contribution in [1.29, 1.82) is 0 Å². The van der Waals surface area contributed by atoms with Gasteiger partial charge in [0.1, 0.15) is 0 Å². The van der Waals surface area contributed by atoms with Crippen LogP contribution < -0.4 is 0 Å². The summed E-state index contributed by atoms with van der Waals surface area (Å²) in [6.07, 6.45) is 2.96. The Kier molecular flexibility index (Phi) is 21.5. The third-order valence-electron chi connectivity index (χ3n) is 0.412. The average molecular weight is 545 g/mol. The fourth-order valence-electron chi connectivity index (χ4n) is 0.139. The Morgan fingerprint density at radius 1 is 1.40 bits per heavy atom. The zero-order chi connectivity index (χ0) is 8.41. The number of unbranched alkanes of at least 4 members (excludes halogenated alkanes) is 1. The van der Waals surface area contributed by atoms with Crippen molar-refractivity contribution >= 4 is 79.1 Å². The first-order chi connectivity index (χ1) is 4.65. The molecule has 0 aliphatic carbocycles. The predicted octanol–water partition coefficient (Wildman–Crippen LogP) is 3.77. The summed E-state index contributed by atoms with van der Waals surface area (Å²) in [6, 6.07) is 0. The van der Waals surface area contributed by atoms with E-state index in [4.69, 9.17) is 11.6 Å². The van der Waals surface area contributed by atoms with Crippen LogP contribution >= 0.6 is 72.8 Å². The van der Waals surface area contributed by atoms with Gasteiger partial charge in [-0.15, -0.1) is 11.6 Å². The first-order valence-electron chi connectivity index (χ1n) is 2.20. The maximum atomic E-state index is 9.38. The van der Waals surface area contributed by atoms with Gasteiger partial charge in [0.05, 0.1) is 0 Å². The number of hydrogen-bond donors (Lipinski definition) is 0. The van der Waals surface area contributed by atoms with Crippen LogP contribution in [0.3, 0.4) is 0 Å². The quantitative estimate of drug-likeness (QED) is 0.229. The molecule has 66 valence electrons. The monoisotopic (exact) mass is 545 g/mol. The van der Waals surface area contributed by atoms with Gasteiger partial charge < -0.3 is 4.79 Å². The summed E-state index contributed by atoms with van der Waals surface area (Å²) in [5.41, 5.74) is 0. The Morgan fingerprint density at radius 2 is 1.80 bits per heavy atom. The second-order valence-corrected chi connectivity index (χ2v) is 27.8. The van der Waals surface area contributed by atoms with Crippen molar-refractivity contribution in [3.8, 4) is 0 Å². The molecular formula is C4H6ClCoI3O-. The molecule has 0 aliphatic rings. The number of alkyl halides is 1. The third-order valence-corrected chi connectivity index (χ3v) is 0.680. The zero-order valence-electron chi connectivity index (χ0n) is 4.87. The SMILES string of the molecule is O=[C-]CCCCl.[I][Co]([I])[I]. The molecule has 0 bridgehead atoms. The fourth-order valence-corrected chi connectivity index (χ4v) is 0.273. The van der Waals surface area contributed by atoms with Crippen LogP contribution in [0.15, 0.2) is 0 Å². The van der Waals surface area contributed by atoms with E-state index < -0.39 is 0 Å². The molecule has 0 saturated heterocycles. The Hall–Kier alpha value is 2.66. The second-order valence-electron chi connectivity index (χ2n) is 1.08. The van der Waals surface area contributed by atoms with Gasteiger partial charge in [0.25, 0.3) is 0 Å². The van der Waals surface area contributed by atoms with Gasteiger partial charge in [-0.1, -0.05) is 6.42 Å². The van der Waals surface area contributed by atoms with Gasteiger partial charge in [-0.3, -0.25) is 6.29 Å². The second kappa shape index (κ2) is 14.2. The number of halogens is 4. The van der Waals surface area contributed by atoms with E-state index in [2.05, 4.69) is 61.2 Å². The molecule has 0 aromatic carbocycles. The van der Waals surface area contributed by atoms with Crippen LogP contribution in [-0.2, 0) is 8.80 Å². The van der Waals surface area contributed by atoms with Gasteiger partial charge in [-0.25, -0.2) is 0 Å². The molecule has 0 aliphatic heterocycles. The van der Waals surface area contributed by atoms with Crippen LogP contribution in [-0.4, -0.2) is 12.2 Å². The Bertz CT molecular complexity index is 70.8. The molecule has 1 nitrogen and oxygen atoms in total. The van der Waals surface area contributed by atoms with Crippen molar-refractivity contribution in [2.75, 3.05) is 5.88 Å². The van der Waals surface area contributed by atoms with Gasteiger partial charge in [0, 0.05) is 5.88 Å². The molecule has 0 aromatic rings. The van der Waals surface area contributed by atoms with Crippen molar-refractivity contribution in [3.05, 3.63) is 0 Å². The molecule has 0 amide bonds. The number of hydrogen-bond acceptors (Lipinski definition) is 1. The van der Waals surface area contributed by atoms with E-state index >= 15 is 0 Å². The maximum absolute atomic E-state index is 9.38. The van der Waals surface area contributed by atoms with E-state index in [-0.39, 0.29) is 0 Å². The third kappa shape index (κ3) is 31.1. The topological polar surface area (TPSA) is 17.1 Å². The van der Waals surface area contributed by atoms with Crippen LogP contribution in [0.25, 0.3) is 0 Å². The molecule has 0 rings (SSSR count). The average Bonchev–Trinajstić information content (AvgIpc) is 1.82. The van der Waals surface area contributed by atoms with Crippen LogP contribution in [0, 0.1) is 0 Å². The minimum absolute atomic E-state index is 0.306. The molecule has 0 saturated carbocycles. The summed E-state index contributed by atoms with van der Waals surface area (Å²) in [6.45, 7) is 0. The Labute approximate surface area is 105 Å². The van der Waals surface area contributed by atoms with Gasteiger partial charge in [-0.2, -0.15) is 6.42 Å². The molecular weight excluding hydrogens is 539 g/mol. The van der Waals surface area contributed by atoms with E-state index in [9.17, 15) is 4.79 Å². The van der Waals surface area contributed by atoms with Crippen molar-refractivity contribution in [3.63, 3.8) is 0 Å². The van der Waals surface area contributed by atoms with E-state index in [0.717, 1.165) is 6.42 Å². The van der Waals surface area contributed by atoms with Crippen molar-refractivity contribution in [1.82, 2.24) is 0 Å². The Balaban J connectivity index is 0. The number of rotatable bonds is 3. The summed E-state index contributed by atoms with van der Waals surface area (Å²) in [5.74, 6) is 0.565. The van der Waals surface area contributed by atoms with E-state index in [1.807, 2.05) is 0 Å². The first-order valence-corrected chi connectivity index (χ1v) is 12.8. The standard InChI is InChI=1S/C4H6ClO.Co.3HI/c5-3-1-2-4-6;;;;/h1-3H2;;3*1H/q-1;+3;;;/p-3. The summed E-state index contributed by atoms with van der Waals surface area (Å²) < 4.78 is 0.306. The van der Waals surface area contributed by atoms with Crippen LogP contribution in [0.4, 0.5) is 0 Å². The van der Waals surface area contributed by atoms with Crippen LogP contribution in [0.5, 0.6) is 0 Å². The van der Waals surface area contributed by atoms with Gasteiger partial charge in [0.15, 0.2) is 0 Å². The molecule has 0 radical (unpaired) electrons. The van der Waals surface area contributed by atoms with Crippen LogP contribution in [0.2, 0.25) is 0 Å². The van der Waals surface area contributed by atoms with Crippen molar-refractivity contribution < 1.29 is 8.80 Å². The molecule has 0 atom stereocenters. The van der Waals surface area contributed by atoms with Gasteiger partial charge >= 0.3 is 65.3 Å². The van der Waals surface area contributed by atoms with Gasteiger partial charge in [-0.05, 0) is 0 Å². The normalized spacial score (nSPS) is 9.40. The molecule has 6 heteroatoms. The molecule has 0 aromatic heterocycles. The number of carbonyl (C=O) groups excluding carboxylic acids is 1. The van der Waals surface area contributed by atoms with E-state index in [1.54, 1.807) is 6.29 Å². The molecule has 0 heterocycles. The predicted molar refractivity (Wildman–Crippen MR) is 67.7 cm³/mol. The minimum atomic E-state index is 0.306. The van der Waals surface area contributed by atoms with E-state index in [1.165, 1.54) is 0 Å². The van der Waals surface area contributed by atoms with E-state index in [0.29, 0.717) is 16.3 Å². The van der Waals surface area contributed by atoms with Gasteiger partial charge in [0.2, 0.25) is 0 Å². The summed E-state index contributed by atoms with van der Waals surface area (Å²) >= 11 is 12.3. The molecule has 0 unspecified atom stereocenters.